The molecule has 0 aromatic carbocycles. The van der Waals surface area contributed by atoms with E-state index in [0.717, 1.165) is 12.8 Å². The molecule has 0 radical (unpaired) electrons. The lowest BCUT2D eigenvalue weighted by Gasteiger charge is -2.35. The van der Waals surface area contributed by atoms with Crippen molar-refractivity contribution < 1.29 is 24.2 Å². The van der Waals surface area contributed by atoms with E-state index in [0.29, 0.717) is 6.42 Å². The Morgan fingerprint density at radius 3 is 2.41 bits per heavy atom. The minimum atomic E-state index is -0.924. The highest BCUT2D eigenvalue weighted by atomic mass is 16.7. The second kappa shape index (κ2) is 8.33. The fourth-order valence-corrected chi connectivity index (χ4v) is 3.39. The zero-order valence-electron chi connectivity index (χ0n) is 13.7. The molecule has 7 nitrogen and oxygen atoms in total. The van der Waals surface area contributed by atoms with E-state index in [-0.39, 0.29) is 29.8 Å². The van der Waals surface area contributed by atoms with Crippen LogP contribution in [0.5, 0.6) is 0 Å². The lowest BCUT2D eigenvalue weighted by atomic mass is 9.81. The van der Waals surface area contributed by atoms with E-state index in [1.807, 2.05) is 13.8 Å². The van der Waals surface area contributed by atoms with E-state index in [2.05, 4.69) is 10.1 Å². The minimum Gasteiger partial charge on any atom is -0.438 e. The van der Waals surface area contributed by atoms with Gasteiger partial charge in [-0.2, -0.15) is 0 Å². The number of nitrogens with one attached hydrogen (secondary N) is 1. The SMILES string of the molecule is CCC(CC)C(NC(C)=O)[C@H]1[C@@H](O)[C@H](OC(=O)OC)C[C@H]1N. The average Bonchev–Trinajstić information content (AvgIpc) is 2.73. The van der Waals surface area contributed by atoms with Gasteiger partial charge < -0.3 is 25.6 Å². The van der Waals surface area contributed by atoms with Crippen LogP contribution in [-0.2, 0) is 14.3 Å². The lowest BCUT2D eigenvalue weighted by Crippen LogP contribution is -2.52. The molecule has 22 heavy (non-hydrogen) atoms. The Morgan fingerprint density at radius 1 is 1.36 bits per heavy atom. The molecule has 1 aliphatic rings. The Morgan fingerprint density at radius 2 is 1.95 bits per heavy atom. The summed E-state index contributed by atoms with van der Waals surface area (Å²) in [7, 11) is 1.21. The molecule has 0 aromatic heterocycles. The molecule has 0 aromatic rings. The van der Waals surface area contributed by atoms with Crippen LogP contribution < -0.4 is 11.1 Å². The van der Waals surface area contributed by atoms with Crippen LogP contribution in [-0.4, -0.2) is 48.6 Å². The van der Waals surface area contributed by atoms with Crippen molar-refractivity contribution in [2.24, 2.45) is 17.6 Å². The summed E-state index contributed by atoms with van der Waals surface area (Å²) in [6, 6.07) is -0.606. The van der Waals surface area contributed by atoms with Crippen LogP contribution >= 0.6 is 0 Å². The van der Waals surface area contributed by atoms with Crippen LogP contribution in [0.25, 0.3) is 0 Å². The maximum absolute atomic E-state index is 11.5. The summed E-state index contributed by atoms with van der Waals surface area (Å²) in [5.74, 6) is -0.316. The van der Waals surface area contributed by atoms with Crippen molar-refractivity contribution in [1.29, 1.82) is 0 Å². The summed E-state index contributed by atoms with van der Waals surface area (Å²) in [5.41, 5.74) is 6.16. The average molecular weight is 316 g/mol. The number of carbonyl (C=O) groups excluding carboxylic acids is 2. The van der Waals surface area contributed by atoms with Crippen LogP contribution in [0.3, 0.4) is 0 Å². The molecule has 1 unspecified atom stereocenters. The molecule has 1 rings (SSSR count). The van der Waals surface area contributed by atoms with Gasteiger partial charge in [-0.3, -0.25) is 4.79 Å². The molecule has 1 saturated carbocycles. The predicted molar refractivity (Wildman–Crippen MR) is 81.0 cm³/mol. The first-order valence-corrected chi connectivity index (χ1v) is 7.80. The van der Waals surface area contributed by atoms with Gasteiger partial charge in [-0.05, 0) is 5.92 Å². The molecule has 0 saturated heterocycles. The molecule has 1 aliphatic carbocycles. The monoisotopic (exact) mass is 316 g/mol. The molecule has 0 aliphatic heterocycles. The Hall–Kier alpha value is -1.34. The number of hydrogen-bond donors (Lipinski definition) is 3. The molecular formula is C15H28N2O5. The molecule has 0 heterocycles. The molecule has 5 atom stereocenters. The molecule has 1 amide bonds. The maximum Gasteiger partial charge on any atom is 0.508 e. The van der Waals surface area contributed by atoms with Gasteiger partial charge >= 0.3 is 6.16 Å². The van der Waals surface area contributed by atoms with Gasteiger partial charge in [0.2, 0.25) is 5.91 Å². The highest BCUT2D eigenvalue weighted by Gasteiger charge is 2.48. The number of rotatable bonds is 6. The van der Waals surface area contributed by atoms with Gasteiger partial charge in [0.05, 0.1) is 13.2 Å². The van der Waals surface area contributed by atoms with E-state index in [4.69, 9.17) is 10.5 Å². The first kappa shape index (κ1) is 18.7. The zero-order valence-corrected chi connectivity index (χ0v) is 13.7. The maximum atomic E-state index is 11.5. The second-order valence-electron chi connectivity index (χ2n) is 5.88. The van der Waals surface area contributed by atoms with Crippen molar-refractivity contribution in [2.45, 2.75) is 64.3 Å². The van der Waals surface area contributed by atoms with E-state index >= 15 is 0 Å². The molecular weight excluding hydrogens is 288 g/mol. The number of aliphatic hydroxyl groups excluding tert-OH is 1. The third-order valence-electron chi connectivity index (χ3n) is 4.53. The summed E-state index contributed by atoms with van der Waals surface area (Å²) < 4.78 is 9.53. The summed E-state index contributed by atoms with van der Waals surface area (Å²) in [4.78, 5) is 22.8. The molecule has 0 spiro atoms. The van der Waals surface area contributed by atoms with Gasteiger partial charge in [0, 0.05) is 31.3 Å². The molecule has 7 heteroatoms. The van der Waals surface area contributed by atoms with E-state index in [1.54, 1.807) is 0 Å². The summed E-state index contributed by atoms with van der Waals surface area (Å²) in [6.07, 6.45) is -0.406. The Kier molecular flexibility index (Phi) is 7.09. The van der Waals surface area contributed by atoms with Crippen LogP contribution in [0.2, 0.25) is 0 Å². The van der Waals surface area contributed by atoms with E-state index in [1.165, 1.54) is 14.0 Å². The highest BCUT2D eigenvalue weighted by molar-refractivity contribution is 5.73. The number of hydrogen-bond acceptors (Lipinski definition) is 6. The van der Waals surface area contributed by atoms with Crippen LogP contribution in [0.4, 0.5) is 4.79 Å². The minimum absolute atomic E-state index is 0.159. The fourth-order valence-electron chi connectivity index (χ4n) is 3.39. The third kappa shape index (κ3) is 4.33. The zero-order chi connectivity index (χ0) is 16.9. The number of amides is 1. The van der Waals surface area contributed by atoms with Gasteiger partial charge in [0.1, 0.15) is 6.10 Å². The summed E-state index contributed by atoms with van der Waals surface area (Å²) in [6.45, 7) is 5.53. The largest absolute Gasteiger partial charge is 0.508 e. The number of nitrogens with two attached hydrogens (primary N) is 1. The predicted octanol–water partition coefficient (Wildman–Crippen LogP) is 0.787. The van der Waals surface area contributed by atoms with Crippen molar-refractivity contribution in [1.82, 2.24) is 5.32 Å². The Balaban J connectivity index is 2.93. The van der Waals surface area contributed by atoms with Crippen molar-refractivity contribution in [3.8, 4) is 0 Å². The first-order valence-electron chi connectivity index (χ1n) is 7.80. The number of ether oxygens (including phenoxy) is 2. The van der Waals surface area contributed by atoms with Crippen molar-refractivity contribution in [2.75, 3.05) is 7.11 Å². The lowest BCUT2D eigenvalue weighted by molar-refractivity contribution is -0.121. The van der Waals surface area contributed by atoms with Crippen LogP contribution in [0, 0.1) is 11.8 Å². The normalized spacial score (nSPS) is 29.2. The Bertz CT molecular complexity index is 386. The third-order valence-corrected chi connectivity index (χ3v) is 4.53. The van der Waals surface area contributed by atoms with Gasteiger partial charge in [-0.1, -0.05) is 26.7 Å². The number of methoxy groups -OCH3 is 1. The molecule has 128 valence electrons. The summed E-state index contributed by atoms with van der Waals surface area (Å²) in [5, 5.41) is 13.4. The van der Waals surface area contributed by atoms with Gasteiger partial charge in [-0.25, -0.2) is 4.79 Å². The number of carbonyl (C=O) groups is 2. The van der Waals surface area contributed by atoms with E-state index in [9.17, 15) is 14.7 Å². The van der Waals surface area contributed by atoms with Gasteiger partial charge in [0.15, 0.2) is 0 Å². The van der Waals surface area contributed by atoms with Gasteiger partial charge in [-0.15, -0.1) is 0 Å². The van der Waals surface area contributed by atoms with E-state index < -0.39 is 18.4 Å². The standard InChI is InChI=1S/C15H28N2O5/c1-5-9(6-2)13(17-8(3)18)12-10(16)7-11(14(12)19)22-15(20)21-4/h9-14,19H,5-7,16H2,1-4H3,(H,17,18)/t10-,11-,12+,13?,14+/m1/s1. The summed E-state index contributed by atoms with van der Waals surface area (Å²) >= 11 is 0. The first-order chi connectivity index (χ1) is 10.3. The van der Waals surface area contributed by atoms with Gasteiger partial charge in [0.25, 0.3) is 0 Å². The fraction of sp³-hybridized carbons (Fsp3) is 0.867. The Labute approximate surface area is 131 Å². The topological polar surface area (TPSA) is 111 Å². The quantitative estimate of drug-likeness (QED) is 0.625. The molecule has 1 fully saturated rings. The van der Waals surface area contributed by atoms with Crippen LogP contribution in [0.1, 0.15) is 40.0 Å². The number of aliphatic hydroxyl groups is 1. The molecule has 0 bridgehead atoms. The van der Waals surface area contributed by atoms with Crippen molar-refractivity contribution in [3.05, 3.63) is 0 Å². The smallest absolute Gasteiger partial charge is 0.438 e. The van der Waals surface area contributed by atoms with Crippen molar-refractivity contribution >= 4 is 12.1 Å². The van der Waals surface area contributed by atoms with Crippen LogP contribution in [0.15, 0.2) is 0 Å². The highest BCUT2D eigenvalue weighted by Crippen LogP contribution is 2.34. The van der Waals surface area contributed by atoms with Crippen molar-refractivity contribution in [3.63, 3.8) is 0 Å². The second-order valence-corrected chi connectivity index (χ2v) is 5.88. The molecule has 4 N–H and O–H groups in total.